The Morgan fingerprint density at radius 1 is 1.53 bits per heavy atom. The fourth-order valence-corrected chi connectivity index (χ4v) is 2.26. The van der Waals surface area contributed by atoms with Gasteiger partial charge in [-0.05, 0) is 25.8 Å². The molecule has 102 valence electrons. The Bertz CT molecular complexity index is 506. The Hall–Kier alpha value is -1.95. The number of hydrogen-bond donors (Lipinski definition) is 2. The van der Waals surface area contributed by atoms with Gasteiger partial charge in [-0.3, -0.25) is 9.59 Å². The molecule has 0 saturated heterocycles. The molecule has 0 spiro atoms. The summed E-state index contributed by atoms with van der Waals surface area (Å²) >= 11 is 1.12. The normalized spacial score (nSPS) is 11.6. The lowest BCUT2D eigenvalue weighted by molar-refractivity contribution is -0.139. The summed E-state index contributed by atoms with van der Waals surface area (Å²) in [4.78, 5) is 34.3. The van der Waals surface area contributed by atoms with Gasteiger partial charge in [-0.15, -0.1) is 17.9 Å². The van der Waals surface area contributed by atoms with Crippen LogP contribution in [0.2, 0.25) is 0 Å². The lowest BCUT2D eigenvalue weighted by atomic mass is 10.1. The summed E-state index contributed by atoms with van der Waals surface area (Å²) in [5.74, 6) is -1.69. The van der Waals surface area contributed by atoms with Crippen molar-refractivity contribution in [2.75, 3.05) is 0 Å². The standard InChI is InChI=1S/C13H15NO4S/c1-3-4-5-10(13(17)18)14-12(16)11-6-9(7-19-11)8(2)15/h3,6-7,10H,1,4-5H2,2H3,(H,14,16)(H,17,18). The molecular formula is C13H15NO4S. The van der Waals surface area contributed by atoms with Crippen LogP contribution >= 0.6 is 11.3 Å². The number of ketones is 1. The zero-order valence-corrected chi connectivity index (χ0v) is 11.3. The van der Waals surface area contributed by atoms with E-state index >= 15 is 0 Å². The van der Waals surface area contributed by atoms with E-state index in [2.05, 4.69) is 11.9 Å². The third kappa shape index (κ3) is 4.33. The van der Waals surface area contributed by atoms with Crippen LogP contribution in [-0.4, -0.2) is 28.8 Å². The number of carbonyl (C=O) groups is 3. The second-order valence-electron chi connectivity index (χ2n) is 3.99. The van der Waals surface area contributed by atoms with E-state index in [-0.39, 0.29) is 12.2 Å². The Morgan fingerprint density at radius 3 is 2.68 bits per heavy atom. The molecule has 0 radical (unpaired) electrons. The SMILES string of the molecule is C=CCCC(NC(=O)c1cc(C(C)=O)cs1)C(=O)O. The predicted octanol–water partition coefficient (Wildman–Crippen LogP) is 2.10. The van der Waals surface area contributed by atoms with Crippen LogP contribution in [0.3, 0.4) is 0 Å². The van der Waals surface area contributed by atoms with E-state index in [0.717, 1.165) is 11.3 Å². The average molecular weight is 281 g/mol. The van der Waals surface area contributed by atoms with E-state index in [1.807, 2.05) is 0 Å². The van der Waals surface area contributed by atoms with Crippen molar-refractivity contribution in [1.29, 1.82) is 0 Å². The molecule has 1 atom stereocenters. The number of carboxylic acids is 1. The van der Waals surface area contributed by atoms with Gasteiger partial charge in [-0.2, -0.15) is 0 Å². The van der Waals surface area contributed by atoms with Crippen molar-refractivity contribution >= 4 is 29.0 Å². The maximum atomic E-state index is 11.9. The van der Waals surface area contributed by atoms with Crippen LogP contribution in [0.4, 0.5) is 0 Å². The Balaban J connectivity index is 2.72. The number of Topliss-reactive ketones (excluding diaryl/α,β-unsaturated/α-hetero) is 1. The Labute approximate surface area is 114 Å². The predicted molar refractivity (Wildman–Crippen MR) is 72.6 cm³/mol. The van der Waals surface area contributed by atoms with E-state index < -0.39 is 17.9 Å². The summed E-state index contributed by atoms with van der Waals surface area (Å²) in [7, 11) is 0. The molecule has 0 bridgehead atoms. The molecule has 0 aliphatic heterocycles. The molecule has 2 N–H and O–H groups in total. The molecule has 1 rings (SSSR count). The van der Waals surface area contributed by atoms with Gasteiger partial charge in [0.2, 0.25) is 0 Å². The lowest BCUT2D eigenvalue weighted by Gasteiger charge is -2.12. The summed E-state index contributed by atoms with van der Waals surface area (Å²) in [6.07, 6.45) is 2.39. The molecule has 1 aromatic heterocycles. The molecule has 1 unspecified atom stereocenters. The zero-order chi connectivity index (χ0) is 14.4. The van der Waals surface area contributed by atoms with Gasteiger partial charge in [0, 0.05) is 10.9 Å². The highest BCUT2D eigenvalue weighted by Crippen LogP contribution is 2.15. The highest BCUT2D eigenvalue weighted by molar-refractivity contribution is 7.12. The first kappa shape index (κ1) is 15.1. The minimum atomic E-state index is -1.08. The number of allylic oxidation sites excluding steroid dienone is 1. The summed E-state index contributed by atoms with van der Waals surface area (Å²) in [5, 5.41) is 13.0. The average Bonchev–Trinajstić information content (AvgIpc) is 2.83. The fourth-order valence-electron chi connectivity index (χ4n) is 1.41. The fraction of sp³-hybridized carbons (Fsp3) is 0.308. The van der Waals surface area contributed by atoms with E-state index in [4.69, 9.17) is 5.11 Å². The number of thiophene rings is 1. The number of aliphatic carboxylic acids is 1. The lowest BCUT2D eigenvalue weighted by Crippen LogP contribution is -2.40. The quantitative estimate of drug-likeness (QED) is 0.592. The smallest absolute Gasteiger partial charge is 0.326 e. The monoisotopic (exact) mass is 281 g/mol. The van der Waals surface area contributed by atoms with Gasteiger partial charge in [0.05, 0.1) is 4.88 Å². The van der Waals surface area contributed by atoms with Crippen LogP contribution in [0, 0.1) is 0 Å². The minimum absolute atomic E-state index is 0.128. The first-order valence-electron chi connectivity index (χ1n) is 5.69. The molecule has 5 nitrogen and oxygen atoms in total. The molecule has 0 aromatic carbocycles. The molecule has 1 heterocycles. The van der Waals surface area contributed by atoms with E-state index in [0.29, 0.717) is 16.9 Å². The topological polar surface area (TPSA) is 83.5 Å². The molecule has 0 aliphatic carbocycles. The van der Waals surface area contributed by atoms with Crippen LogP contribution in [0.15, 0.2) is 24.1 Å². The second-order valence-corrected chi connectivity index (χ2v) is 4.90. The van der Waals surface area contributed by atoms with Crippen molar-refractivity contribution in [3.63, 3.8) is 0 Å². The molecule has 1 aromatic rings. The molecule has 19 heavy (non-hydrogen) atoms. The minimum Gasteiger partial charge on any atom is -0.480 e. The Kier molecular flexibility index (Phi) is 5.44. The highest BCUT2D eigenvalue weighted by Gasteiger charge is 2.21. The van der Waals surface area contributed by atoms with Crippen molar-refractivity contribution in [3.05, 3.63) is 34.5 Å². The third-order valence-electron chi connectivity index (χ3n) is 2.49. The van der Waals surface area contributed by atoms with Crippen molar-refractivity contribution in [1.82, 2.24) is 5.32 Å². The van der Waals surface area contributed by atoms with Gasteiger partial charge < -0.3 is 10.4 Å². The molecule has 6 heteroatoms. The summed E-state index contributed by atoms with van der Waals surface area (Å²) in [5.41, 5.74) is 0.452. The number of carbonyl (C=O) groups excluding carboxylic acids is 2. The summed E-state index contributed by atoms with van der Waals surface area (Å²) in [6.45, 7) is 4.92. The van der Waals surface area contributed by atoms with E-state index in [1.54, 1.807) is 11.5 Å². The Morgan fingerprint density at radius 2 is 2.21 bits per heavy atom. The number of carboxylic acid groups (broad SMARTS) is 1. The summed E-state index contributed by atoms with van der Waals surface area (Å²) < 4.78 is 0. The van der Waals surface area contributed by atoms with Crippen molar-refractivity contribution in [2.45, 2.75) is 25.8 Å². The van der Waals surface area contributed by atoms with E-state index in [9.17, 15) is 14.4 Å². The van der Waals surface area contributed by atoms with Crippen LogP contribution in [0.1, 0.15) is 39.8 Å². The van der Waals surface area contributed by atoms with Crippen LogP contribution < -0.4 is 5.32 Å². The zero-order valence-electron chi connectivity index (χ0n) is 10.5. The van der Waals surface area contributed by atoms with Crippen LogP contribution in [0.5, 0.6) is 0 Å². The summed E-state index contributed by atoms with van der Waals surface area (Å²) in [6, 6.07) is 0.516. The van der Waals surface area contributed by atoms with Crippen LogP contribution in [0.25, 0.3) is 0 Å². The molecule has 0 fully saturated rings. The van der Waals surface area contributed by atoms with Gasteiger partial charge in [0.15, 0.2) is 5.78 Å². The van der Waals surface area contributed by atoms with E-state index in [1.165, 1.54) is 13.0 Å². The third-order valence-corrected chi connectivity index (χ3v) is 3.42. The second kappa shape index (κ2) is 6.84. The van der Waals surface area contributed by atoms with Crippen molar-refractivity contribution in [3.8, 4) is 0 Å². The largest absolute Gasteiger partial charge is 0.480 e. The molecule has 0 aliphatic rings. The number of rotatable bonds is 7. The highest BCUT2D eigenvalue weighted by atomic mass is 32.1. The number of amides is 1. The van der Waals surface area contributed by atoms with Gasteiger partial charge in [0.1, 0.15) is 6.04 Å². The molecule has 0 saturated carbocycles. The van der Waals surface area contributed by atoms with Gasteiger partial charge >= 0.3 is 5.97 Å². The van der Waals surface area contributed by atoms with Crippen LogP contribution in [-0.2, 0) is 4.79 Å². The molecular weight excluding hydrogens is 266 g/mol. The van der Waals surface area contributed by atoms with Gasteiger partial charge in [-0.25, -0.2) is 4.79 Å². The number of hydrogen-bond acceptors (Lipinski definition) is 4. The van der Waals surface area contributed by atoms with Crippen molar-refractivity contribution in [2.24, 2.45) is 0 Å². The molecule has 1 amide bonds. The van der Waals surface area contributed by atoms with Gasteiger partial charge in [0.25, 0.3) is 5.91 Å². The van der Waals surface area contributed by atoms with Gasteiger partial charge in [-0.1, -0.05) is 6.08 Å². The first-order valence-corrected chi connectivity index (χ1v) is 6.57. The first-order chi connectivity index (χ1) is 8.95. The maximum Gasteiger partial charge on any atom is 0.326 e. The van der Waals surface area contributed by atoms with Crippen molar-refractivity contribution < 1.29 is 19.5 Å². The number of nitrogens with one attached hydrogen (secondary N) is 1. The maximum absolute atomic E-state index is 11.9.